The molecule has 1 aromatic carbocycles. The van der Waals surface area contributed by atoms with E-state index in [4.69, 9.17) is 0 Å². The Hall–Kier alpha value is -2.68. The molecule has 1 atom stereocenters. The average molecular weight is 387 g/mol. The second kappa shape index (κ2) is 6.80. The number of anilines is 3. The summed E-state index contributed by atoms with van der Waals surface area (Å²) in [7, 11) is -3.80. The third kappa shape index (κ3) is 3.73. The highest BCUT2D eigenvalue weighted by Crippen LogP contribution is 2.27. The van der Waals surface area contributed by atoms with E-state index in [9.17, 15) is 13.2 Å². The van der Waals surface area contributed by atoms with Crippen LogP contribution in [0.1, 0.15) is 25.3 Å². The van der Waals surface area contributed by atoms with Crippen LogP contribution in [0.4, 0.5) is 17.3 Å². The molecule has 0 aliphatic carbocycles. The Labute approximate surface area is 158 Å². The summed E-state index contributed by atoms with van der Waals surface area (Å²) in [5.41, 5.74) is 1.32. The van der Waals surface area contributed by atoms with Crippen molar-refractivity contribution >= 4 is 33.3 Å². The summed E-state index contributed by atoms with van der Waals surface area (Å²) < 4.78 is 27.7. The van der Waals surface area contributed by atoms with Gasteiger partial charge in [-0.1, -0.05) is 6.92 Å². The maximum absolute atomic E-state index is 12.6. The summed E-state index contributed by atoms with van der Waals surface area (Å²) in [6.07, 6.45) is 2.51. The first-order chi connectivity index (χ1) is 12.9. The maximum atomic E-state index is 12.6. The van der Waals surface area contributed by atoms with Crippen molar-refractivity contribution in [1.82, 2.24) is 10.2 Å². The number of aromatic nitrogens is 2. The second-order valence-corrected chi connectivity index (χ2v) is 8.80. The van der Waals surface area contributed by atoms with Gasteiger partial charge in [0.2, 0.25) is 5.91 Å². The van der Waals surface area contributed by atoms with Crippen LogP contribution in [0.2, 0.25) is 0 Å². The molecule has 1 saturated heterocycles. The summed E-state index contributed by atoms with van der Waals surface area (Å²) in [6.45, 7) is 4.08. The smallest absolute Gasteiger partial charge is 0.263 e. The fourth-order valence-corrected chi connectivity index (χ4v) is 4.56. The van der Waals surface area contributed by atoms with Gasteiger partial charge in [-0.2, -0.15) is 0 Å². The van der Waals surface area contributed by atoms with Gasteiger partial charge in [0, 0.05) is 18.8 Å². The van der Waals surface area contributed by atoms with Crippen molar-refractivity contribution in [2.24, 2.45) is 5.92 Å². The van der Waals surface area contributed by atoms with E-state index in [0.29, 0.717) is 17.2 Å². The first-order valence-electron chi connectivity index (χ1n) is 8.95. The lowest BCUT2D eigenvalue weighted by Crippen LogP contribution is -2.34. The van der Waals surface area contributed by atoms with E-state index in [1.165, 1.54) is 18.6 Å². The number of amides is 1. The van der Waals surface area contributed by atoms with Crippen LogP contribution in [0.5, 0.6) is 0 Å². The number of carbonyl (C=O) groups is 1. The maximum Gasteiger partial charge on any atom is 0.263 e. The van der Waals surface area contributed by atoms with Gasteiger partial charge in [0.05, 0.1) is 11.3 Å². The molecule has 0 radical (unpaired) electrons. The molecule has 1 fully saturated rings. The number of benzene rings is 1. The van der Waals surface area contributed by atoms with Crippen molar-refractivity contribution in [3.63, 3.8) is 0 Å². The van der Waals surface area contributed by atoms with Crippen molar-refractivity contribution in [2.45, 2.75) is 31.1 Å². The summed E-state index contributed by atoms with van der Waals surface area (Å²) in [4.78, 5) is 13.7. The van der Waals surface area contributed by atoms with Crippen LogP contribution in [0.15, 0.2) is 35.2 Å². The van der Waals surface area contributed by atoms with Crippen molar-refractivity contribution in [1.29, 1.82) is 0 Å². The third-order valence-electron chi connectivity index (χ3n) is 4.88. The predicted octanol–water partition coefficient (Wildman–Crippen LogP) is 2.01. The van der Waals surface area contributed by atoms with Gasteiger partial charge < -0.3 is 10.2 Å². The number of hydrogen-bond donors (Lipinski definition) is 2. The minimum Gasteiger partial charge on any atom is -0.355 e. The number of rotatable bonds is 4. The van der Waals surface area contributed by atoms with E-state index in [0.717, 1.165) is 25.3 Å². The SMILES string of the molecule is CC1CCCN(c2ccc(NS(=O)(=O)c3ccc4c(c3)CC(=O)N4)nn2)C1. The van der Waals surface area contributed by atoms with Crippen LogP contribution in [-0.4, -0.2) is 37.6 Å². The van der Waals surface area contributed by atoms with Gasteiger partial charge in [-0.15, -0.1) is 10.2 Å². The fourth-order valence-electron chi connectivity index (χ4n) is 3.52. The molecule has 2 aliphatic heterocycles. The minimum absolute atomic E-state index is 0.0912. The molecule has 142 valence electrons. The number of nitrogens with zero attached hydrogens (tertiary/aromatic N) is 3. The van der Waals surface area contributed by atoms with Gasteiger partial charge in [0.25, 0.3) is 10.0 Å². The van der Waals surface area contributed by atoms with Crippen LogP contribution in [0.25, 0.3) is 0 Å². The zero-order valence-electron chi connectivity index (χ0n) is 15.0. The van der Waals surface area contributed by atoms with Crippen LogP contribution < -0.4 is 14.9 Å². The Morgan fingerprint density at radius 1 is 1.22 bits per heavy atom. The van der Waals surface area contributed by atoms with E-state index in [1.54, 1.807) is 18.2 Å². The molecule has 3 heterocycles. The minimum atomic E-state index is -3.80. The summed E-state index contributed by atoms with van der Waals surface area (Å²) in [5, 5.41) is 10.9. The number of carbonyl (C=O) groups excluding carboxylic acids is 1. The Morgan fingerprint density at radius 3 is 2.81 bits per heavy atom. The number of fused-ring (bicyclic) bond motifs is 1. The molecule has 1 unspecified atom stereocenters. The van der Waals surface area contributed by atoms with Crippen molar-refractivity contribution in [3.05, 3.63) is 35.9 Å². The van der Waals surface area contributed by atoms with Crippen LogP contribution >= 0.6 is 0 Å². The average Bonchev–Trinajstić information content (AvgIpc) is 3.01. The van der Waals surface area contributed by atoms with E-state index in [-0.39, 0.29) is 23.0 Å². The molecule has 1 aromatic heterocycles. The highest BCUT2D eigenvalue weighted by atomic mass is 32.2. The topological polar surface area (TPSA) is 104 Å². The second-order valence-electron chi connectivity index (χ2n) is 7.12. The van der Waals surface area contributed by atoms with Crippen LogP contribution in [-0.2, 0) is 21.2 Å². The van der Waals surface area contributed by atoms with Gasteiger partial charge >= 0.3 is 0 Å². The van der Waals surface area contributed by atoms with Gasteiger partial charge in [-0.25, -0.2) is 8.42 Å². The molecule has 2 N–H and O–H groups in total. The molecule has 9 heteroatoms. The lowest BCUT2D eigenvalue weighted by Gasteiger charge is -2.31. The van der Waals surface area contributed by atoms with E-state index >= 15 is 0 Å². The zero-order chi connectivity index (χ0) is 19.0. The predicted molar refractivity (Wildman–Crippen MR) is 102 cm³/mol. The molecule has 0 bridgehead atoms. The first kappa shape index (κ1) is 17.7. The lowest BCUT2D eigenvalue weighted by molar-refractivity contribution is -0.115. The molecular weight excluding hydrogens is 366 g/mol. The lowest BCUT2D eigenvalue weighted by atomic mass is 10.0. The molecule has 4 rings (SSSR count). The molecule has 2 aromatic rings. The van der Waals surface area contributed by atoms with Crippen molar-refractivity contribution < 1.29 is 13.2 Å². The zero-order valence-corrected chi connectivity index (χ0v) is 15.8. The van der Waals surface area contributed by atoms with Gasteiger partial charge in [-0.3, -0.25) is 9.52 Å². The molecular formula is C18H21N5O3S. The Kier molecular flexibility index (Phi) is 4.47. The summed E-state index contributed by atoms with van der Waals surface area (Å²) in [5.74, 6) is 1.39. The first-order valence-corrected chi connectivity index (χ1v) is 10.4. The molecule has 8 nitrogen and oxygen atoms in total. The van der Waals surface area contributed by atoms with Crippen molar-refractivity contribution in [3.8, 4) is 0 Å². The fraction of sp³-hybridized carbons (Fsp3) is 0.389. The Bertz CT molecular complexity index is 975. The summed E-state index contributed by atoms with van der Waals surface area (Å²) >= 11 is 0. The van der Waals surface area contributed by atoms with E-state index in [1.807, 2.05) is 0 Å². The quantitative estimate of drug-likeness (QED) is 0.832. The van der Waals surface area contributed by atoms with Crippen LogP contribution in [0, 0.1) is 5.92 Å². The highest BCUT2D eigenvalue weighted by molar-refractivity contribution is 7.92. The van der Waals surface area contributed by atoms with E-state index in [2.05, 4.69) is 32.1 Å². The monoisotopic (exact) mass is 387 g/mol. The number of sulfonamides is 1. The van der Waals surface area contributed by atoms with Gasteiger partial charge in [-0.05, 0) is 54.7 Å². The van der Waals surface area contributed by atoms with E-state index < -0.39 is 10.0 Å². The summed E-state index contributed by atoms with van der Waals surface area (Å²) in [6, 6.07) is 7.98. The molecule has 2 aliphatic rings. The Balaban J connectivity index is 1.50. The molecule has 27 heavy (non-hydrogen) atoms. The number of nitrogens with one attached hydrogen (secondary N) is 2. The number of piperidine rings is 1. The standard InChI is InChI=1S/C18H21N5O3S/c1-12-3-2-8-23(11-12)17-7-6-16(20-21-17)22-27(25,26)14-4-5-15-13(9-14)10-18(24)19-15/h4-7,9,12H,2-3,8,10-11H2,1H3,(H,19,24)(H,20,22). The highest BCUT2D eigenvalue weighted by Gasteiger charge is 2.23. The molecule has 0 saturated carbocycles. The normalized spacial score (nSPS) is 19.5. The van der Waals surface area contributed by atoms with Gasteiger partial charge in [0.15, 0.2) is 11.6 Å². The number of hydrogen-bond acceptors (Lipinski definition) is 6. The molecule has 1 amide bonds. The van der Waals surface area contributed by atoms with Gasteiger partial charge in [0.1, 0.15) is 0 Å². The van der Waals surface area contributed by atoms with Crippen LogP contribution in [0.3, 0.4) is 0 Å². The largest absolute Gasteiger partial charge is 0.355 e. The third-order valence-corrected chi connectivity index (χ3v) is 6.23. The Morgan fingerprint density at radius 2 is 2.07 bits per heavy atom. The van der Waals surface area contributed by atoms with Crippen molar-refractivity contribution in [2.75, 3.05) is 28.0 Å². The molecule has 0 spiro atoms.